The number of aromatic nitrogens is 3. The summed E-state index contributed by atoms with van der Waals surface area (Å²) in [6, 6.07) is 11.2. The van der Waals surface area contributed by atoms with Gasteiger partial charge < -0.3 is 9.67 Å². The molecule has 0 aliphatic heterocycles. The molecule has 0 spiro atoms. The van der Waals surface area contributed by atoms with Crippen LogP contribution in [0.1, 0.15) is 16.1 Å². The molecule has 0 saturated carbocycles. The number of imidazole rings is 1. The number of nitrogens with zero attached hydrogens (tertiary/aromatic N) is 3. The monoisotopic (exact) mass is 253 g/mol. The predicted octanol–water partition coefficient (Wildman–Crippen LogP) is 2.18. The third-order valence-electron chi connectivity index (χ3n) is 2.96. The minimum Gasteiger partial charge on any atom is -0.477 e. The van der Waals surface area contributed by atoms with Crippen LogP contribution in [0.15, 0.2) is 48.9 Å². The highest BCUT2D eigenvalue weighted by molar-refractivity contribution is 5.87. The van der Waals surface area contributed by atoms with Gasteiger partial charge in [-0.2, -0.15) is 0 Å². The van der Waals surface area contributed by atoms with Gasteiger partial charge in [-0.05, 0) is 18.2 Å². The van der Waals surface area contributed by atoms with Gasteiger partial charge in [0.2, 0.25) is 0 Å². The quantitative estimate of drug-likeness (QED) is 0.776. The van der Waals surface area contributed by atoms with Crippen LogP contribution < -0.4 is 0 Å². The number of benzene rings is 1. The Hall–Kier alpha value is -2.69. The molecule has 5 nitrogen and oxygen atoms in total. The molecule has 3 aromatic rings. The van der Waals surface area contributed by atoms with Gasteiger partial charge in [0.25, 0.3) is 0 Å². The van der Waals surface area contributed by atoms with E-state index in [1.54, 1.807) is 18.5 Å². The average Bonchev–Trinajstić information content (AvgIpc) is 2.83. The maximum Gasteiger partial charge on any atom is 0.354 e. The molecule has 5 heteroatoms. The Kier molecular flexibility index (Phi) is 2.72. The molecule has 3 rings (SSSR count). The number of carbonyl (C=O) groups is 1. The summed E-state index contributed by atoms with van der Waals surface area (Å²) >= 11 is 0. The number of rotatable bonds is 3. The average molecular weight is 253 g/mol. The lowest BCUT2D eigenvalue weighted by atomic mass is 10.2. The van der Waals surface area contributed by atoms with Gasteiger partial charge in [0.05, 0.1) is 23.9 Å². The lowest BCUT2D eigenvalue weighted by Gasteiger charge is -2.06. The van der Waals surface area contributed by atoms with Crippen LogP contribution in [0, 0.1) is 0 Å². The predicted molar refractivity (Wildman–Crippen MR) is 70.0 cm³/mol. The summed E-state index contributed by atoms with van der Waals surface area (Å²) in [6.45, 7) is 0.440. The standard InChI is InChI=1S/C14H11N3O2/c18-14(19)13-10(4-3-7-15-13)8-17-9-16-11-5-1-2-6-12(11)17/h1-7,9H,8H2,(H,18,19). The van der Waals surface area contributed by atoms with E-state index in [-0.39, 0.29) is 5.69 Å². The van der Waals surface area contributed by atoms with Crippen molar-refractivity contribution in [1.29, 1.82) is 0 Å². The Morgan fingerprint density at radius 1 is 1.16 bits per heavy atom. The van der Waals surface area contributed by atoms with Gasteiger partial charge in [-0.1, -0.05) is 18.2 Å². The summed E-state index contributed by atoms with van der Waals surface area (Å²) in [5, 5.41) is 9.12. The van der Waals surface area contributed by atoms with Crippen LogP contribution >= 0.6 is 0 Å². The zero-order valence-electron chi connectivity index (χ0n) is 10.0. The maximum absolute atomic E-state index is 11.1. The van der Waals surface area contributed by atoms with Crippen molar-refractivity contribution in [1.82, 2.24) is 14.5 Å². The van der Waals surface area contributed by atoms with Crippen molar-refractivity contribution in [2.45, 2.75) is 6.54 Å². The molecule has 0 unspecified atom stereocenters. The number of hydrogen-bond donors (Lipinski definition) is 1. The van der Waals surface area contributed by atoms with E-state index in [1.165, 1.54) is 6.20 Å². The zero-order valence-corrected chi connectivity index (χ0v) is 10.0. The molecule has 0 aliphatic rings. The number of aromatic carboxylic acids is 1. The topological polar surface area (TPSA) is 68.0 Å². The van der Waals surface area contributed by atoms with Crippen LogP contribution in [0.2, 0.25) is 0 Å². The van der Waals surface area contributed by atoms with Gasteiger partial charge in [-0.3, -0.25) is 0 Å². The third kappa shape index (κ3) is 2.06. The van der Waals surface area contributed by atoms with Gasteiger partial charge in [0.1, 0.15) is 0 Å². The van der Waals surface area contributed by atoms with E-state index >= 15 is 0 Å². The lowest BCUT2D eigenvalue weighted by Crippen LogP contribution is -2.08. The fraction of sp³-hybridized carbons (Fsp3) is 0.0714. The Labute approximate surface area is 109 Å². The van der Waals surface area contributed by atoms with Crippen molar-refractivity contribution in [3.8, 4) is 0 Å². The maximum atomic E-state index is 11.1. The molecule has 0 saturated heterocycles. The van der Waals surface area contributed by atoms with Crippen LogP contribution in [0.3, 0.4) is 0 Å². The van der Waals surface area contributed by atoms with Crippen molar-refractivity contribution >= 4 is 17.0 Å². The molecule has 1 aromatic carbocycles. The van der Waals surface area contributed by atoms with Crippen LogP contribution in [0.5, 0.6) is 0 Å². The van der Waals surface area contributed by atoms with E-state index in [0.717, 1.165) is 11.0 Å². The highest BCUT2D eigenvalue weighted by Gasteiger charge is 2.12. The van der Waals surface area contributed by atoms with Gasteiger partial charge in [-0.25, -0.2) is 14.8 Å². The van der Waals surface area contributed by atoms with E-state index in [9.17, 15) is 4.79 Å². The van der Waals surface area contributed by atoms with E-state index in [4.69, 9.17) is 5.11 Å². The van der Waals surface area contributed by atoms with Crippen LogP contribution in [0.25, 0.3) is 11.0 Å². The first-order valence-corrected chi connectivity index (χ1v) is 5.83. The first kappa shape index (κ1) is 11.4. The largest absolute Gasteiger partial charge is 0.477 e. The second kappa shape index (κ2) is 4.53. The normalized spacial score (nSPS) is 10.7. The van der Waals surface area contributed by atoms with Gasteiger partial charge in [-0.15, -0.1) is 0 Å². The Bertz CT molecular complexity index is 749. The van der Waals surface area contributed by atoms with Gasteiger partial charge in [0, 0.05) is 11.8 Å². The van der Waals surface area contributed by atoms with E-state index in [1.807, 2.05) is 28.8 Å². The molecule has 0 atom stereocenters. The van der Waals surface area contributed by atoms with Crippen molar-refractivity contribution in [2.75, 3.05) is 0 Å². The highest BCUT2D eigenvalue weighted by Crippen LogP contribution is 2.15. The fourth-order valence-corrected chi connectivity index (χ4v) is 2.08. The fourth-order valence-electron chi connectivity index (χ4n) is 2.08. The minimum atomic E-state index is -1.01. The minimum absolute atomic E-state index is 0.0836. The molecule has 0 radical (unpaired) electrons. The molecule has 19 heavy (non-hydrogen) atoms. The van der Waals surface area contributed by atoms with Crippen molar-refractivity contribution < 1.29 is 9.90 Å². The smallest absolute Gasteiger partial charge is 0.354 e. The van der Waals surface area contributed by atoms with Gasteiger partial charge in [0.15, 0.2) is 5.69 Å². The number of hydrogen-bond acceptors (Lipinski definition) is 3. The number of fused-ring (bicyclic) bond motifs is 1. The molecule has 94 valence electrons. The molecule has 0 aliphatic carbocycles. The van der Waals surface area contributed by atoms with E-state index in [0.29, 0.717) is 12.1 Å². The summed E-state index contributed by atoms with van der Waals surface area (Å²) in [4.78, 5) is 19.3. The van der Waals surface area contributed by atoms with Crippen LogP contribution in [-0.4, -0.2) is 25.6 Å². The number of carboxylic acids is 1. The van der Waals surface area contributed by atoms with Crippen molar-refractivity contribution in [3.05, 3.63) is 60.2 Å². The summed E-state index contributed by atoms with van der Waals surface area (Å²) in [7, 11) is 0. The SMILES string of the molecule is O=C(O)c1ncccc1Cn1cnc2ccccc21. The summed E-state index contributed by atoms with van der Waals surface area (Å²) in [5.41, 5.74) is 2.62. The Morgan fingerprint density at radius 3 is 2.84 bits per heavy atom. The molecule has 0 amide bonds. The van der Waals surface area contributed by atoms with Crippen molar-refractivity contribution in [3.63, 3.8) is 0 Å². The molecular weight excluding hydrogens is 242 g/mol. The van der Waals surface area contributed by atoms with Crippen molar-refractivity contribution in [2.24, 2.45) is 0 Å². The van der Waals surface area contributed by atoms with Crippen LogP contribution in [0.4, 0.5) is 0 Å². The number of pyridine rings is 1. The number of para-hydroxylation sites is 2. The summed E-state index contributed by atoms with van der Waals surface area (Å²) < 4.78 is 1.92. The molecule has 2 aromatic heterocycles. The molecule has 2 heterocycles. The lowest BCUT2D eigenvalue weighted by molar-refractivity contribution is 0.0689. The second-order valence-corrected chi connectivity index (χ2v) is 4.18. The first-order valence-electron chi connectivity index (χ1n) is 5.83. The third-order valence-corrected chi connectivity index (χ3v) is 2.96. The van der Waals surface area contributed by atoms with E-state index < -0.39 is 5.97 Å². The molecule has 0 bridgehead atoms. The van der Waals surface area contributed by atoms with Crippen LogP contribution in [-0.2, 0) is 6.54 Å². The summed E-state index contributed by atoms with van der Waals surface area (Å²) in [6.07, 6.45) is 3.20. The number of carboxylic acid groups (broad SMARTS) is 1. The van der Waals surface area contributed by atoms with Gasteiger partial charge >= 0.3 is 5.97 Å². The Morgan fingerprint density at radius 2 is 2.00 bits per heavy atom. The highest BCUT2D eigenvalue weighted by atomic mass is 16.4. The Balaban J connectivity index is 2.04. The first-order chi connectivity index (χ1) is 9.25. The molecule has 0 fully saturated rings. The zero-order chi connectivity index (χ0) is 13.2. The molecule has 1 N–H and O–H groups in total. The summed E-state index contributed by atoms with van der Waals surface area (Å²) in [5.74, 6) is -1.01. The van der Waals surface area contributed by atoms with E-state index in [2.05, 4.69) is 9.97 Å². The molecular formula is C14H11N3O2. The second-order valence-electron chi connectivity index (χ2n) is 4.18.